The van der Waals surface area contributed by atoms with Crippen molar-refractivity contribution in [1.82, 2.24) is 10.3 Å². The maximum absolute atomic E-state index is 13.1. The lowest BCUT2D eigenvalue weighted by Crippen LogP contribution is -2.41. The van der Waals surface area contributed by atoms with Crippen LogP contribution in [0.5, 0.6) is 17.2 Å². The molecule has 1 unspecified atom stereocenters. The minimum atomic E-state index is -1.16. The van der Waals surface area contributed by atoms with E-state index in [9.17, 15) is 18.8 Å². The van der Waals surface area contributed by atoms with Crippen molar-refractivity contribution in [1.29, 1.82) is 0 Å². The molecule has 1 aliphatic heterocycles. The number of carbonyl (C=O) groups excluding carboxylic acids is 3. The van der Waals surface area contributed by atoms with Crippen molar-refractivity contribution in [2.45, 2.75) is 26.0 Å². The minimum absolute atomic E-state index is 0.236. The Bertz CT molecular complexity index is 1620. The molecule has 10 heteroatoms. The van der Waals surface area contributed by atoms with E-state index < -0.39 is 29.3 Å². The summed E-state index contributed by atoms with van der Waals surface area (Å²) in [5.41, 5.74) is 0.783. The number of aromatic nitrogens is 1. The number of amides is 3. The highest BCUT2D eigenvalue weighted by Crippen LogP contribution is 2.47. The lowest BCUT2D eigenvalue weighted by molar-refractivity contribution is -0.131. The summed E-state index contributed by atoms with van der Waals surface area (Å²) >= 11 is 0. The van der Waals surface area contributed by atoms with Crippen LogP contribution in [0, 0.1) is 11.2 Å². The zero-order valence-electron chi connectivity index (χ0n) is 20.8. The van der Waals surface area contributed by atoms with E-state index >= 15 is 0 Å². The summed E-state index contributed by atoms with van der Waals surface area (Å²) in [4.78, 5) is 42.5. The van der Waals surface area contributed by atoms with Crippen LogP contribution in [0.15, 0.2) is 72.9 Å². The largest absolute Gasteiger partial charge is 0.470 e. The Hall–Kier alpha value is -4.99. The molecular weight excluding hydrogens is 503 g/mol. The number of benzene rings is 3. The molecule has 6 rings (SSSR count). The van der Waals surface area contributed by atoms with Crippen molar-refractivity contribution in [2.75, 3.05) is 10.6 Å². The monoisotopic (exact) mass is 526 g/mol. The van der Waals surface area contributed by atoms with Crippen LogP contribution < -0.4 is 25.4 Å². The molecule has 2 aliphatic rings. The van der Waals surface area contributed by atoms with Gasteiger partial charge in [0.1, 0.15) is 28.5 Å². The van der Waals surface area contributed by atoms with Gasteiger partial charge in [0.25, 0.3) is 5.91 Å². The van der Waals surface area contributed by atoms with Gasteiger partial charge in [0.05, 0.1) is 11.1 Å². The lowest BCUT2D eigenvalue weighted by Gasteiger charge is -2.24. The van der Waals surface area contributed by atoms with E-state index in [1.165, 1.54) is 24.3 Å². The highest BCUT2D eigenvalue weighted by Gasteiger charge is 2.56. The minimum Gasteiger partial charge on any atom is -0.470 e. The van der Waals surface area contributed by atoms with Gasteiger partial charge in [-0.25, -0.2) is 4.39 Å². The van der Waals surface area contributed by atoms with Crippen LogP contribution in [-0.4, -0.2) is 28.9 Å². The molecule has 196 valence electrons. The van der Waals surface area contributed by atoms with Crippen molar-refractivity contribution in [3.8, 4) is 17.2 Å². The molecule has 39 heavy (non-hydrogen) atoms. The number of anilines is 2. The molecule has 1 aliphatic carbocycles. The average molecular weight is 527 g/mol. The zero-order chi connectivity index (χ0) is 27.1. The van der Waals surface area contributed by atoms with Gasteiger partial charge in [-0.2, -0.15) is 0 Å². The fourth-order valence-electron chi connectivity index (χ4n) is 4.44. The van der Waals surface area contributed by atoms with Gasteiger partial charge < -0.3 is 25.4 Å². The summed E-state index contributed by atoms with van der Waals surface area (Å²) in [5.74, 6) is -0.0129. The standard InChI is InChI=1S/C29H23FN4O5/c1-16-32-26(35)22-14-21-23(15-25(22)38-16)31-13-10-24(21)39-20-8-6-19(7-9-20)34-28(37)29(11-12-29)27(36)33-18-4-2-17(30)3-5-18/h2-10,13-16H,11-12H2,1H3,(H,32,35)(H,33,36)(H,34,37). The molecule has 2 heterocycles. The number of hydrogen-bond acceptors (Lipinski definition) is 6. The second-order valence-electron chi connectivity index (χ2n) is 9.53. The predicted octanol–water partition coefficient (Wildman–Crippen LogP) is 4.99. The molecule has 9 nitrogen and oxygen atoms in total. The first kappa shape index (κ1) is 24.4. The smallest absolute Gasteiger partial charge is 0.257 e. The predicted molar refractivity (Wildman–Crippen MR) is 141 cm³/mol. The van der Waals surface area contributed by atoms with Gasteiger partial charge in [-0.3, -0.25) is 19.4 Å². The SMILES string of the molecule is CC1NC(=O)c2cc3c(Oc4ccc(NC(=O)C5(C(=O)Nc6ccc(F)cc6)CC5)cc4)ccnc3cc2O1. The summed E-state index contributed by atoms with van der Waals surface area (Å²) in [7, 11) is 0. The average Bonchev–Trinajstić information content (AvgIpc) is 3.73. The zero-order valence-corrected chi connectivity index (χ0v) is 20.8. The Kier molecular flexibility index (Phi) is 5.86. The van der Waals surface area contributed by atoms with Crippen LogP contribution in [0.2, 0.25) is 0 Å². The fourth-order valence-corrected chi connectivity index (χ4v) is 4.44. The Morgan fingerprint density at radius 3 is 2.28 bits per heavy atom. The summed E-state index contributed by atoms with van der Waals surface area (Å²) < 4.78 is 24.9. The number of nitrogens with zero attached hydrogens (tertiary/aromatic N) is 1. The number of hydrogen-bond donors (Lipinski definition) is 3. The maximum Gasteiger partial charge on any atom is 0.257 e. The van der Waals surface area contributed by atoms with E-state index in [1.807, 2.05) is 0 Å². The first-order valence-corrected chi connectivity index (χ1v) is 12.4. The fraction of sp³-hybridized carbons (Fsp3) is 0.172. The van der Waals surface area contributed by atoms with Gasteiger partial charge >= 0.3 is 0 Å². The number of ether oxygens (including phenoxy) is 2. The van der Waals surface area contributed by atoms with E-state index in [-0.39, 0.29) is 5.91 Å². The molecule has 3 N–H and O–H groups in total. The number of nitrogens with one attached hydrogen (secondary N) is 3. The summed E-state index contributed by atoms with van der Waals surface area (Å²) in [6.07, 6.45) is 2.03. The van der Waals surface area contributed by atoms with Gasteiger partial charge in [0.15, 0.2) is 6.23 Å². The molecule has 1 atom stereocenters. The van der Waals surface area contributed by atoms with Crippen LogP contribution in [0.4, 0.5) is 15.8 Å². The molecule has 0 spiro atoms. The second kappa shape index (κ2) is 9.39. The summed E-state index contributed by atoms with van der Waals surface area (Å²) in [6, 6.07) is 17.2. The molecule has 0 bridgehead atoms. The molecule has 1 fully saturated rings. The normalized spacial score (nSPS) is 16.9. The van der Waals surface area contributed by atoms with Crippen molar-refractivity contribution in [2.24, 2.45) is 5.41 Å². The van der Waals surface area contributed by atoms with E-state index in [0.717, 1.165) is 0 Å². The van der Waals surface area contributed by atoms with Crippen LogP contribution in [-0.2, 0) is 9.59 Å². The molecule has 3 amide bonds. The topological polar surface area (TPSA) is 119 Å². The molecule has 4 aromatic rings. The molecule has 3 aromatic carbocycles. The maximum atomic E-state index is 13.1. The molecule has 0 radical (unpaired) electrons. The van der Waals surface area contributed by atoms with E-state index in [1.54, 1.807) is 55.6 Å². The van der Waals surface area contributed by atoms with Crippen LogP contribution in [0.25, 0.3) is 10.9 Å². The third kappa shape index (κ3) is 4.72. The number of halogens is 1. The number of pyridine rings is 1. The van der Waals surface area contributed by atoms with E-state index in [0.29, 0.717) is 57.9 Å². The Labute approximate surface area is 222 Å². The van der Waals surface area contributed by atoms with Crippen molar-refractivity contribution < 1.29 is 28.2 Å². The van der Waals surface area contributed by atoms with Gasteiger partial charge in [-0.05, 0) is 80.4 Å². The van der Waals surface area contributed by atoms with Gasteiger partial charge in [-0.15, -0.1) is 0 Å². The van der Waals surface area contributed by atoms with Crippen LogP contribution in [0.1, 0.15) is 30.1 Å². The van der Waals surface area contributed by atoms with Gasteiger partial charge in [0.2, 0.25) is 11.8 Å². The highest BCUT2D eigenvalue weighted by molar-refractivity contribution is 6.17. The number of rotatable bonds is 6. The third-order valence-corrected chi connectivity index (χ3v) is 6.75. The molecule has 1 saturated carbocycles. The van der Waals surface area contributed by atoms with E-state index in [4.69, 9.17) is 9.47 Å². The number of carbonyl (C=O) groups is 3. The Balaban J connectivity index is 1.15. The van der Waals surface area contributed by atoms with Crippen molar-refractivity contribution >= 4 is 40.0 Å². The molecule has 1 aromatic heterocycles. The summed E-state index contributed by atoms with van der Waals surface area (Å²) in [5, 5.41) is 8.86. The van der Waals surface area contributed by atoms with Crippen LogP contribution in [0.3, 0.4) is 0 Å². The summed E-state index contributed by atoms with van der Waals surface area (Å²) in [6.45, 7) is 1.75. The lowest BCUT2D eigenvalue weighted by atomic mass is 10.0. The van der Waals surface area contributed by atoms with Crippen molar-refractivity contribution in [3.63, 3.8) is 0 Å². The first-order valence-electron chi connectivity index (χ1n) is 12.4. The quantitative estimate of drug-likeness (QED) is 0.305. The van der Waals surface area contributed by atoms with Crippen molar-refractivity contribution in [3.05, 3.63) is 84.3 Å². The Morgan fingerprint density at radius 2 is 1.64 bits per heavy atom. The van der Waals surface area contributed by atoms with Crippen LogP contribution >= 0.6 is 0 Å². The molecular formula is C29H23FN4O5. The number of fused-ring (bicyclic) bond motifs is 2. The van der Waals surface area contributed by atoms with Gasteiger partial charge in [0, 0.05) is 29.0 Å². The van der Waals surface area contributed by atoms with Gasteiger partial charge in [-0.1, -0.05) is 0 Å². The third-order valence-electron chi connectivity index (χ3n) is 6.75. The Morgan fingerprint density at radius 1 is 1.00 bits per heavy atom. The second-order valence-corrected chi connectivity index (χ2v) is 9.53. The van der Waals surface area contributed by atoms with E-state index in [2.05, 4.69) is 20.9 Å². The molecule has 0 saturated heterocycles. The highest BCUT2D eigenvalue weighted by atomic mass is 19.1. The first-order chi connectivity index (χ1) is 18.8.